The van der Waals surface area contributed by atoms with Gasteiger partial charge in [-0.05, 0) is 26.3 Å². The molecule has 0 aromatic heterocycles. The lowest BCUT2D eigenvalue weighted by atomic mass is 10.1. The van der Waals surface area contributed by atoms with E-state index in [1.54, 1.807) is 6.08 Å². The number of hydrogen-bond acceptors (Lipinski definition) is 2. The predicted molar refractivity (Wildman–Crippen MR) is 50.4 cm³/mol. The number of aliphatic imine (C=N–C) groups is 1. The van der Waals surface area contributed by atoms with Crippen LogP contribution >= 0.6 is 0 Å². The fraction of sp³-hybridized carbons (Fsp3) is 0.300. The highest BCUT2D eigenvalue weighted by molar-refractivity contribution is 5.43. The van der Waals surface area contributed by atoms with Crippen LogP contribution < -0.4 is 0 Å². The van der Waals surface area contributed by atoms with Crippen molar-refractivity contribution in [2.75, 3.05) is 0 Å². The molecular weight excluding hydrogens is 150 g/mol. The van der Waals surface area contributed by atoms with Gasteiger partial charge in [0.15, 0.2) is 0 Å². The van der Waals surface area contributed by atoms with Crippen LogP contribution in [0.25, 0.3) is 0 Å². The average molecular weight is 163 g/mol. The van der Waals surface area contributed by atoms with Gasteiger partial charge in [0.05, 0.1) is 5.70 Å². The Kier molecular flexibility index (Phi) is 4.66. The number of rotatable bonds is 3. The summed E-state index contributed by atoms with van der Waals surface area (Å²) < 4.78 is 0. The highest BCUT2D eigenvalue weighted by Gasteiger charge is 1.94. The minimum absolute atomic E-state index is 0.646. The average Bonchev–Trinajstić information content (AvgIpc) is 1.98. The molecule has 0 N–H and O–H groups in total. The molecule has 0 saturated carbocycles. The lowest BCUT2D eigenvalue weighted by Crippen LogP contribution is -1.81. The Morgan fingerprint density at radius 3 is 2.42 bits per heavy atom. The number of allylic oxidation sites excluding steroid dienone is 4. The molecule has 0 rings (SSSR count). The van der Waals surface area contributed by atoms with Gasteiger partial charge in [-0.1, -0.05) is 24.3 Å². The summed E-state index contributed by atoms with van der Waals surface area (Å²) in [6.45, 7) is 9.32. The van der Waals surface area contributed by atoms with Crippen LogP contribution in [0.5, 0.6) is 0 Å². The van der Waals surface area contributed by atoms with Crippen molar-refractivity contribution in [3.05, 3.63) is 35.6 Å². The van der Waals surface area contributed by atoms with Crippen LogP contribution in [-0.2, 0) is 4.79 Å². The van der Waals surface area contributed by atoms with Crippen LogP contribution in [0.4, 0.5) is 0 Å². The molecule has 0 saturated heterocycles. The Balaban J connectivity index is 4.77. The fourth-order valence-electron chi connectivity index (χ4n) is 0.873. The summed E-state index contributed by atoms with van der Waals surface area (Å²) in [5.74, 6) is 0. The van der Waals surface area contributed by atoms with Gasteiger partial charge in [0.2, 0.25) is 6.08 Å². The van der Waals surface area contributed by atoms with Crippen LogP contribution in [0, 0.1) is 0 Å². The van der Waals surface area contributed by atoms with Gasteiger partial charge in [-0.2, -0.15) is 4.99 Å². The molecule has 0 unspecified atom stereocenters. The number of carbonyl (C=O) groups excluding carboxylic acids is 1. The molecule has 0 aromatic rings. The smallest absolute Gasteiger partial charge is 0.211 e. The first-order valence-corrected chi connectivity index (χ1v) is 3.70. The van der Waals surface area contributed by atoms with Gasteiger partial charge in [-0.15, -0.1) is 0 Å². The quantitative estimate of drug-likeness (QED) is 0.357. The van der Waals surface area contributed by atoms with Crippen molar-refractivity contribution in [3.8, 4) is 0 Å². The van der Waals surface area contributed by atoms with E-state index in [4.69, 9.17) is 0 Å². The minimum Gasteiger partial charge on any atom is -0.211 e. The maximum Gasteiger partial charge on any atom is 0.240 e. The fourth-order valence-corrected chi connectivity index (χ4v) is 0.873. The molecule has 0 atom stereocenters. The molecule has 0 aliphatic heterocycles. The first-order chi connectivity index (χ1) is 5.61. The normalized spacial score (nSPS) is 12.2. The first kappa shape index (κ1) is 10.6. The van der Waals surface area contributed by atoms with Crippen LogP contribution in [0.3, 0.4) is 0 Å². The van der Waals surface area contributed by atoms with E-state index in [-0.39, 0.29) is 0 Å². The van der Waals surface area contributed by atoms with Crippen LogP contribution in [0.2, 0.25) is 0 Å². The second kappa shape index (κ2) is 5.28. The van der Waals surface area contributed by atoms with E-state index >= 15 is 0 Å². The largest absolute Gasteiger partial charge is 0.240 e. The molecule has 0 spiro atoms. The molecule has 0 heterocycles. The molecule has 0 bridgehead atoms. The molecule has 0 aliphatic carbocycles. The summed E-state index contributed by atoms with van der Waals surface area (Å²) in [6.07, 6.45) is 5.14. The lowest BCUT2D eigenvalue weighted by Gasteiger charge is -1.97. The van der Waals surface area contributed by atoms with Gasteiger partial charge in [0, 0.05) is 0 Å². The maximum absolute atomic E-state index is 9.98. The summed E-state index contributed by atoms with van der Waals surface area (Å²) in [7, 11) is 0. The van der Waals surface area contributed by atoms with Crippen LogP contribution in [0.15, 0.2) is 40.6 Å². The summed E-state index contributed by atoms with van der Waals surface area (Å²) in [4.78, 5) is 13.5. The number of nitrogens with zero attached hydrogens (tertiary/aromatic N) is 1. The van der Waals surface area contributed by atoms with Crippen molar-refractivity contribution in [2.45, 2.75) is 20.8 Å². The molecule has 0 aromatic carbocycles. The molecule has 64 valence electrons. The van der Waals surface area contributed by atoms with Crippen LogP contribution in [-0.4, -0.2) is 6.08 Å². The van der Waals surface area contributed by atoms with E-state index in [1.807, 2.05) is 26.8 Å². The van der Waals surface area contributed by atoms with Crippen molar-refractivity contribution >= 4 is 6.08 Å². The molecule has 2 heteroatoms. The monoisotopic (exact) mass is 163 g/mol. The van der Waals surface area contributed by atoms with Gasteiger partial charge < -0.3 is 0 Å². The molecule has 0 radical (unpaired) electrons. The maximum atomic E-state index is 9.98. The van der Waals surface area contributed by atoms with E-state index in [0.29, 0.717) is 5.70 Å². The lowest BCUT2D eigenvalue weighted by molar-refractivity contribution is 0.564. The highest BCUT2D eigenvalue weighted by Crippen LogP contribution is 2.11. The summed E-state index contributed by atoms with van der Waals surface area (Å²) in [6, 6.07) is 0. The van der Waals surface area contributed by atoms with E-state index < -0.39 is 0 Å². The third kappa shape index (κ3) is 3.69. The first-order valence-electron chi connectivity index (χ1n) is 3.70. The van der Waals surface area contributed by atoms with E-state index in [1.165, 1.54) is 6.08 Å². The van der Waals surface area contributed by atoms with Gasteiger partial charge in [-0.25, -0.2) is 4.79 Å². The molecule has 0 fully saturated rings. The van der Waals surface area contributed by atoms with Gasteiger partial charge in [0.25, 0.3) is 0 Å². The molecule has 0 amide bonds. The second-order valence-electron chi connectivity index (χ2n) is 2.55. The number of isocyanates is 1. The summed E-state index contributed by atoms with van der Waals surface area (Å²) in [5.41, 5.74) is 2.51. The zero-order chi connectivity index (χ0) is 9.56. The Morgan fingerprint density at radius 1 is 1.50 bits per heavy atom. The summed E-state index contributed by atoms with van der Waals surface area (Å²) in [5, 5.41) is 0. The van der Waals surface area contributed by atoms with E-state index in [9.17, 15) is 4.79 Å². The van der Waals surface area contributed by atoms with Crippen molar-refractivity contribution in [1.29, 1.82) is 0 Å². The zero-order valence-corrected chi connectivity index (χ0v) is 7.72. The topological polar surface area (TPSA) is 29.4 Å². The molecule has 2 nitrogen and oxygen atoms in total. The Bertz CT molecular complexity index is 278. The van der Waals surface area contributed by atoms with Crippen molar-refractivity contribution in [1.82, 2.24) is 0 Å². The Hall–Kier alpha value is -1.40. The standard InChI is InChI=1S/C10H13NO/c1-5-10(11-7-12)9(4)6-8(2)3/h5-6H,2H2,1,3-4H3. The number of hydrogen-bond donors (Lipinski definition) is 0. The summed E-state index contributed by atoms with van der Waals surface area (Å²) >= 11 is 0. The molecule has 0 aliphatic rings. The van der Waals surface area contributed by atoms with Gasteiger partial charge in [0.1, 0.15) is 0 Å². The van der Waals surface area contributed by atoms with E-state index in [0.717, 1.165) is 11.1 Å². The van der Waals surface area contributed by atoms with Crippen molar-refractivity contribution in [3.63, 3.8) is 0 Å². The van der Waals surface area contributed by atoms with Crippen LogP contribution in [0.1, 0.15) is 20.8 Å². The minimum atomic E-state index is 0.646. The van der Waals surface area contributed by atoms with Gasteiger partial charge in [-0.3, -0.25) is 0 Å². The zero-order valence-electron chi connectivity index (χ0n) is 7.72. The Labute approximate surface area is 73.0 Å². The second-order valence-corrected chi connectivity index (χ2v) is 2.55. The third-order valence-corrected chi connectivity index (χ3v) is 1.31. The highest BCUT2D eigenvalue weighted by atomic mass is 16.1. The van der Waals surface area contributed by atoms with Gasteiger partial charge >= 0.3 is 0 Å². The van der Waals surface area contributed by atoms with Crippen molar-refractivity contribution in [2.24, 2.45) is 4.99 Å². The van der Waals surface area contributed by atoms with Crippen molar-refractivity contribution < 1.29 is 4.79 Å². The SMILES string of the molecule is C=C(C)C=C(C)C(=CC)N=C=O. The Morgan fingerprint density at radius 2 is 2.08 bits per heavy atom. The third-order valence-electron chi connectivity index (χ3n) is 1.31. The molecular formula is C10H13NO. The predicted octanol–water partition coefficient (Wildman–Crippen LogP) is 2.75. The van der Waals surface area contributed by atoms with E-state index in [2.05, 4.69) is 11.6 Å². The molecule has 12 heavy (non-hydrogen) atoms.